The number of hydrogen-bond donors (Lipinski definition) is 1. The third kappa shape index (κ3) is 3.24. The predicted octanol–water partition coefficient (Wildman–Crippen LogP) is 2.80. The molecule has 0 saturated carbocycles. The zero-order valence-electron chi connectivity index (χ0n) is 13.6. The third-order valence-corrected chi connectivity index (χ3v) is 4.57. The van der Waals surface area contributed by atoms with E-state index in [-0.39, 0.29) is 11.9 Å². The molecule has 0 bridgehead atoms. The average molecular weight is 329 g/mol. The van der Waals surface area contributed by atoms with E-state index in [0.29, 0.717) is 12.1 Å². The summed E-state index contributed by atoms with van der Waals surface area (Å²) >= 11 is 1.60. The van der Waals surface area contributed by atoms with Crippen LogP contribution in [0.4, 0.5) is 0 Å². The first-order valence-electron chi connectivity index (χ1n) is 7.49. The topological polar surface area (TPSA) is 72.7 Å². The van der Waals surface area contributed by atoms with E-state index in [9.17, 15) is 4.79 Å². The fourth-order valence-corrected chi connectivity index (χ4v) is 3.43. The molecule has 0 aliphatic rings. The Hall–Kier alpha value is -2.28. The van der Waals surface area contributed by atoms with Crippen LogP contribution in [0.5, 0.6) is 0 Å². The van der Waals surface area contributed by atoms with Gasteiger partial charge in [0.25, 0.3) is 5.91 Å². The van der Waals surface area contributed by atoms with Crippen molar-refractivity contribution in [1.29, 1.82) is 0 Å². The fraction of sp³-hybridized carbons (Fsp3) is 0.375. The Balaban J connectivity index is 1.69. The summed E-state index contributed by atoms with van der Waals surface area (Å²) in [6.45, 7) is 8.26. The molecule has 2 heterocycles. The van der Waals surface area contributed by atoms with E-state index in [0.717, 1.165) is 26.9 Å². The lowest BCUT2D eigenvalue weighted by atomic mass is 10.2. The summed E-state index contributed by atoms with van der Waals surface area (Å²) in [6.07, 6.45) is 0. The van der Waals surface area contributed by atoms with Gasteiger partial charge in [-0.25, -0.2) is 14.6 Å². The van der Waals surface area contributed by atoms with Gasteiger partial charge in [0.2, 0.25) is 0 Å². The Morgan fingerprint density at radius 3 is 2.78 bits per heavy atom. The van der Waals surface area contributed by atoms with Gasteiger partial charge in [-0.1, -0.05) is 0 Å². The maximum Gasteiger partial charge on any atom is 0.251 e. The molecule has 1 N–H and O–H groups in total. The van der Waals surface area contributed by atoms with Gasteiger partial charge >= 0.3 is 0 Å². The molecule has 7 heteroatoms. The molecule has 0 aliphatic heterocycles. The lowest BCUT2D eigenvalue weighted by Gasteiger charge is -2.14. The quantitative estimate of drug-likeness (QED) is 0.799. The van der Waals surface area contributed by atoms with E-state index in [1.807, 2.05) is 50.6 Å². The number of nitrogens with one attached hydrogen (secondary N) is 1. The number of nitrogens with zero attached hydrogens (tertiary/aromatic N) is 4. The molecule has 0 radical (unpaired) electrons. The van der Waals surface area contributed by atoms with Crippen molar-refractivity contribution >= 4 is 27.5 Å². The smallest absolute Gasteiger partial charge is 0.251 e. The number of aromatic nitrogens is 4. The number of thiazole rings is 1. The Bertz CT molecular complexity index is 867. The van der Waals surface area contributed by atoms with Crippen LogP contribution in [0.1, 0.15) is 40.0 Å². The van der Waals surface area contributed by atoms with E-state index in [1.54, 1.807) is 11.3 Å². The second kappa shape index (κ2) is 6.08. The minimum atomic E-state index is -0.0840. The van der Waals surface area contributed by atoms with Crippen LogP contribution in [0.2, 0.25) is 0 Å². The SMILES string of the molecule is Cc1nc(C)n(C(C)CNC(=O)c2ccc3nc(C)sc3c2)n1. The zero-order valence-corrected chi connectivity index (χ0v) is 14.4. The molecule has 2 aromatic heterocycles. The molecule has 120 valence electrons. The van der Waals surface area contributed by atoms with Crippen molar-refractivity contribution in [2.45, 2.75) is 33.7 Å². The van der Waals surface area contributed by atoms with E-state index < -0.39 is 0 Å². The van der Waals surface area contributed by atoms with E-state index in [1.165, 1.54) is 0 Å². The van der Waals surface area contributed by atoms with Crippen LogP contribution in [-0.2, 0) is 0 Å². The number of aryl methyl sites for hydroxylation is 3. The van der Waals surface area contributed by atoms with Gasteiger partial charge in [-0.3, -0.25) is 4.79 Å². The van der Waals surface area contributed by atoms with Crippen LogP contribution in [-0.4, -0.2) is 32.2 Å². The van der Waals surface area contributed by atoms with Gasteiger partial charge < -0.3 is 5.32 Å². The van der Waals surface area contributed by atoms with Gasteiger partial charge in [0.15, 0.2) is 0 Å². The van der Waals surface area contributed by atoms with Gasteiger partial charge in [-0.2, -0.15) is 5.10 Å². The van der Waals surface area contributed by atoms with Crippen molar-refractivity contribution in [2.24, 2.45) is 0 Å². The van der Waals surface area contributed by atoms with Crippen molar-refractivity contribution in [3.63, 3.8) is 0 Å². The van der Waals surface area contributed by atoms with Crippen molar-refractivity contribution in [2.75, 3.05) is 6.54 Å². The number of hydrogen-bond acceptors (Lipinski definition) is 5. The highest BCUT2D eigenvalue weighted by atomic mass is 32.1. The number of benzene rings is 1. The second-order valence-electron chi connectivity index (χ2n) is 5.63. The molecule has 3 aromatic rings. The largest absolute Gasteiger partial charge is 0.350 e. The van der Waals surface area contributed by atoms with E-state index in [4.69, 9.17) is 0 Å². The van der Waals surface area contributed by atoms with Crippen LogP contribution in [0.15, 0.2) is 18.2 Å². The number of rotatable bonds is 4. The zero-order chi connectivity index (χ0) is 16.6. The maximum atomic E-state index is 12.3. The van der Waals surface area contributed by atoms with Gasteiger partial charge in [0.1, 0.15) is 11.6 Å². The van der Waals surface area contributed by atoms with Gasteiger partial charge in [0.05, 0.1) is 21.3 Å². The first-order valence-corrected chi connectivity index (χ1v) is 8.31. The molecule has 0 fully saturated rings. The molecule has 1 amide bonds. The molecule has 0 aliphatic carbocycles. The van der Waals surface area contributed by atoms with Crippen LogP contribution in [0.3, 0.4) is 0 Å². The molecule has 0 saturated heterocycles. The van der Waals surface area contributed by atoms with Crippen LogP contribution < -0.4 is 5.32 Å². The Labute approximate surface area is 138 Å². The normalized spacial score (nSPS) is 12.5. The van der Waals surface area contributed by atoms with Gasteiger partial charge in [-0.15, -0.1) is 11.3 Å². The number of fused-ring (bicyclic) bond motifs is 1. The van der Waals surface area contributed by atoms with Gasteiger partial charge in [-0.05, 0) is 45.9 Å². The lowest BCUT2D eigenvalue weighted by Crippen LogP contribution is -2.30. The standard InChI is InChI=1S/C16H19N5OS/c1-9(21-11(3)18-10(2)20-21)8-17-16(22)13-5-6-14-15(7-13)23-12(4)19-14/h5-7,9H,8H2,1-4H3,(H,17,22). The fourth-order valence-electron chi connectivity index (χ4n) is 2.56. The van der Waals surface area contributed by atoms with Crippen LogP contribution >= 0.6 is 11.3 Å². The summed E-state index contributed by atoms with van der Waals surface area (Å²) in [5.41, 5.74) is 1.59. The summed E-state index contributed by atoms with van der Waals surface area (Å²) in [7, 11) is 0. The Morgan fingerprint density at radius 1 is 1.30 bits per heavy atom. The molecule has 1 atom stereocenters. The highest BCUT2D eigenvalue weighted by Gasteiger charge is 2.13. The van der Waals surface area contributed by atoms with E-state index >= 15 is 0 Å². The van der Waals surface area contributed by atoms with Crippen molar-refractivity contribution < 1.29 is 4.79 Å². The van der Waals surface area contributed by atoms with Crippen LogP contribution in [0.25, 0.3) is 10.2 Å². The molecule has 6 nitrogen and oxygen atoms in total. The Morgan fingerprint density at radius 2 is 2.09 bits per heavy atom. The van der Waals surface area contributed by atoms with Crippen molar-refractivity contribution in [1.82, 2.24) is 25.1 Å². The Kier molecular flexibility index (Phi) is 4.12. The molecule has 3 rings (SSSR count). The van der Waals surface area contributed by atoms with Crippen molar-refractivity contribution in [3.8, 4) is 0 Å². The molecular weight excluding hydrogens is 310 g/mol. The minimum Gasteiger partial charge on any atom is -0.350 e. The monoisotopic (exact) mass is 329 g/mol. The lowest BCUT2D eigenvalue weighted by molar-refractivity contribution is 0.0948. The number of amides is 1. The second-order valence-corrected chi connectivity index (χ2v) is 6.86. The number of carbonyl (C=O) groups excluding carboxylic acids is 1. The first kappa shape index (κ1) is 15.6. The maximum absolute atomic E-state index is 12.3. The molecule has 23 heavy (non-hydrogen) atoms. The highest BCUT2D eigenvalue weighted by Crippen LogP contribution is 2.22. The summed E-state index contributed by atoms with van der Waals surface area (Å²) in [5.74, 6) is 1.51. The predicted molar refractivity (Wildman–Crippen MR) is 90.9 cm³/mol. The summed E-state index contributed by atoms with van der Waals surface area (Å²) in [6, 6.07) is 5.65. The highest BCUT2D eigenvalue weighted by molar-refractivity contribution is 7.18. The number of carbonyl (C=O) groups is 1. The summed E-state index contributed by atoms with van der Waals surface area (Å²) in [5, 5.41) is 8.32. The van der Waals surface area contributed by atoms with Crippen molar-refractivity contribution in [3.05, 3.63) is 40.4 Å². The molecular formula is C16H19N5OS. The summed E-state index contributed by atoms with van der Waals surface area (Å²) < 4.78 is 2.87. The molecule has 0 spiro atoms. The third-order valence-electron chi connectivity index (χ3n) is 3.64. The minimum absolute atomic E-state index is 0.0505. The molecule has 1 unspecified atom stereocenters. The van der Waals surface area contributed by atoms with E-state index in [2.05, 4.69) is 20.4 Å². The average Bonchev–Trinajstić information content (AvgIpc) is 3.04. The van der Waals surface area contributed by atoms with Gasteiger partial charge in [0, 0.05) is 12.1 Å². The first-order chi connectivity index (χ1) is 10.9. The molecule has 1 aromatic carbocycles. The van der Waals surface area contributed by atoms with Crippen LogP contribution in [0, 0.1) is 20.8 Å². The summed E-state index contributed by atoms with van der Waals surface area (Å²) in [4.78, 5) is 21.0.